The van der Waals surface area contributed by atoms with Crippen molar-refractivity contribution < 1.29 is 28.6 Å². The van der Waals surface area contributed by atoms with Crippen LogP contribution in [0.2, 0.25) is 5.02 Å². The van der Waals surface area contributed by atoms with Gasteiger partial charge in [-0.1, -0.05) is 37.1 Å². The topological polar surface area (TPSA) is 94.2 Å². The van der Waals surface area contributed by atoms with E-state index in [-0.39, 0.29) is 12.2 Å². The van der Waals surface area contributed by atoms with Gasteiger partial charge in [-0.25, -0.2) is 9.69 Å². The fourth-order valence-electron chi connectivity index (χ4n) is 3.94. The molecule has 1 heterocycles. The molecule has 0 radical (unpaired) electrons. The van der Waals surface area contributed by atoms with Crippen LogP contribution in [0.25, 0.3) is 6.08 Å². The van der Waals surface area contributed by atoms with Crippen molar-refractivity contribution in [2.45, 2.75) is 33.3 Å². The number of hydrogen-bond donors (Lipinski definition) is 1. The number of halogens is 2. The summed E-state index contributed by atoms with van der Waals surface area (Å²) in [5, 5.41) is 2.87. The highest BCUT2D eigenvalue weighted by Crippen LogP contribution is 2.36. The number of barbiturate groups is 1. The first kappa shape index (κ1) is 29.4. The normalized spacial score (nSPS) is 14.3. The zero-order valence-electron chi connectivity index (χ0n) is 22.0. The number of unbranched alkanes of at least 4 members (excludes halogenated alkanes) is 1. The van der Waals surface area contributed by atoms with Crippen molar-refractivity contribution in [2.75, 3.05) is 18.1 Å². The van der Waals surface area contributed by atoms with Gasteiger partial charge in [0.2, 0.25) is 0 Å². The Morgan fingerprint density at radius 2 is 1.75 bits per heavy atom. The molecule has 0 bridgehead atoms. The number of nitrogens with zero attached hydrogens (tertiary/aromatic N) is 1. The maximum atomic E-state index is 13.4. The average Bonchev–Trinajstić information content (AvgIpc) is 2.92. The third-order valence-corrected chi connectivity index (χ3v) is 6.91. The van der Waals surface area contributed by atoms with Crippen molar-refractivity contribution >= 4 is 63.8 Å². The molecular formula is C30H28ClIN2O6. The standard InChI is InChI=1S/C30H28ClIN2O6/c1-3-5-13-39-23-11-9-22(10-12-23)34-29(36)24(28(35)33-30(34)37)15-20-16-25(32)27(26(17-20)38-4-2)40-18-19-7-6-8-21(31)14-19/h6-12,14-17H,3-5,13,18H2,1-2H3,(H,33,35,37)/b24-15-. The molecule has 1 aliphatic rings. The van der Waals surface area contributed by atoms with Crippen LogP contribution in [-0.4, -0.2) is 31.1 Å². The zero-order chi connectivity index (χ0) is 28.6. The van der Waals surface area contributed by atoms with Crippen LogP contribution in [0, 0.1) is 3.57 Å². The largest absolute Gasteiger partial charge is 0.494 e. The summed E-state index contributed by atoms with van der Waals surface area (Å²) in [5.41, 5.74) is 1.56. The second-order valence-electron chi connectivity index (χ2n) is 8.84. The van der Waals surface area contributed by atoms with Crippen LogP contribution in [0.1, 0.15) is 37.8 Å². The molecule has 3 aromatic carbocycles. The van der Waals surface area contributed by atoms with Crippen molar-refractivity contribution in [3.8, 4) is 17.2 Å². The van der Waals surface area contributed by atoms with E-state index in [0.29, 0.717) is 50.3 Å². The van der Waals surface area contributed by atoms with Crippen molar-refractivity contribution in [3.05, 3.63) is 86.0 Å². The van der Waals surface area contributed by atoms with Crippen molar-refractivity contribution in [3.63, 3.8) is 0 Å². The van der Waals surface area contributed by atoms with Gasteiger partial charge >= 0.3 is 6.03 Å². The summed E-state index contributed by atoms with van der Waals surface area (Å²) >= 11 is 8.20. The van der Waals surface area contributed by atoms with Crippen LogP contribution in [0.3, 0.4) is 0 Å². The number of hydrogen-bond acceptors (Lipinski definition) is 6. The van der Waals surface area contributed by atoms with E-state index in [2.05, 4.69) is 34.8 Å². The summed E-state index contributed by atoms with van der Waals surface area (Å²) in [6, 6.07) is 16.6. The Kier molecular flexibility index (Phi) is 10.1. The van der Waals surface area contributed by atoms with Gasteiger partial charge in [0.1, 0.15) is 17.9 Å². The van der Waals surface area contributed by atoms with Gasteiger partial charge in [0, 0.05) is 5.02 Å². The molecule has 3 aromatic rings. The highest BCUT2D eigenvalue weighted by Gasteiger charge is 2.37. The number of imide groups is 2. The fourth-order valence-corrected chi connectivity index (χ4v) is 4.93. The summed E-state index contributed by atoms with van der Waals surface area (Å²) in [6.07, 6.45) is 3.36. The Balaban J connectivity index is 1.59. The zero-order valence-corrected chi connectivity index (χ0v) is 25.0. The second kappa shape index (κ2) is 13.7. The van der Waals surface area contributed by atoms with Crippen LogP contribution in [0.4, 0.5) is 10.5 Å². The number of benzene rings is 3. The average molecular weight is 675 g/mol. The molecule has 0 aliphatic carbocycles. The maximum Gasteiger partial charge on any atom is 0.335 e. The van der Waals surface area contributed by atoms with Crippen LogP contribution in [-0.2, 0) is 16.2 Å². The monoisotopic (exact) mass is 674 g/mol. The first-order valence-corrected chi connectivity index (χ1v) is 14.2. The smallest absolute Gasteiger partial charge is 0.335 e. The summed E-state index contributed by atoms with van der Waals surface area (Å²) in [4.78, 5) is 39.6. The van der Waals surface area contributed by atoms with Crippen molar-refractivity contribution in [2.24, 2.45) is 0 Å². The molecule has 0 spiro atoms. The number of anilines is 1. The number of ether oxygens (including phenoxy) is 3. The Bertz CT molecular complexity index is 1440. The summed E-state index contributed by atoms with van der Waals surface area (Å²) in [6.45, 7) is 5.15. The lowest BCUT2D eigenvalue weighted by atomic mass is 10.1. The molecule has 0 unspecified atom stereocenters. The van der Waals surface area contributed by atoms with Crippen LogP contribution in [0.15, 0.2) is 66.2 Å². The molecule has 1 N–H and O–H groups in total. The quantitative estimate of drug-likeness (QED) is 0.105. The Labute approximate surface area is 251 Å². The number of amides is 4. The molecule has 0 atom stereocenters. The minimum atomic E-state index is -0.818. The van der Waals surface area contributed by atoms with E-state index in [1.54, 1.807) is 42.5 Å². The number of nitrogens with one attached hydrogen (secondary N) is 1. The Hall–Kier alpha value is -3.57. The molecule has 8 nitrogen and oxygen atoms in total. The molecule has 40 heavy (non-hydrogen) atoms. The highest BCUT2D eigenvalue weighted by atomic mass is 127. The molecule has 4 amide bonds. The third-order valence-electron chi connectivity index (χ3n) is 5.88. The van der Waals surface area contributed by atoms with Gasteiger partial charge < -0.3 is 14.2 Å². The van der Waals surface area contributed by atoms with E-state index in [1.807, 2.05) is 25.1 Å². The highest BCUT2D eigenvalue weighted by molar-refractivity contribution is 14.1. The van der Waals surface area contributed by atoms with E-state index in [4.69, 9.17) is 25.8 Å². The number of rotatable bonds is 11. The molecule has 1 fully saturated rings. The summed E-state index contributed by atoms with van der Waals surface area (Å²) in [7, 11) is 0. The first-order valence-electron chi connectivity index (χ1n) is 12.8. The maximum absolute atomic E-state index is 13.4. The lowest BCUT2D eigenvalue weighted by Crippen LogP contribution is -2.54. The van der Waals surface area contributed by atoms with Gasteiger partial charge in [0.25, 0.3) is 11.8 Å². The van der Waals surface area contributed by atoms with E-state index >= 15 is 0 Å². The minimum absolute atomic E-state index is 0.186. The second-order valence-corrected chi connectivity index (χ2v) is 10.4. The molecule has 1 saturated heterocycles. The summed E-state index contributed by atoms with van der Waals surface area (Å²) in [5.74, 6) is 0.105. The first-order chi connectivity index (χ1) is 19.3. The third kappa shape index (κ3) is 7.14. The van der Waals surface area contributed by atoms with Crippen LogP contribution >= 0.6 is 34.2 Å². The number of urea groups is 1. The van der Waals surface area contributed by atoms with Crippen LogP contribution in [0.5, 0.6) is 17.2 Å². The van der Waals surface area contributed by atoms with E-state index in [0.717, 1.165) is 23.3 Å². The van der Waals surface area contributed by atoms with Gasteiger partial charge in [0.05, 0.1) is 22.5 Å². The molecule has 10 heteroatoms. The molecule has 0 saturated carbocycles. The molecule has 208 valence electrons. The lowest BCUT2D eigenvalue weighted by molar-refractivity contribution is -0.122. The Morgan fingerprint density at radius 3 is 2.45 bits per heavy atom. The minimum Gasteiger partial charge on any atom is -0.494 e. The fraction of sp³-hybridized carbons (Fsp3) is 0.233. The van der Waals surface area contributed by atoms with E-state index in [1.165, 1.54) is 6.08 Å². The summed E-state index contributed by atoms with van der Waals surface area (Å²) < 4.78 is 18.3. The molecular weight excluding hydrogens is 647 g/mol. The van der Waals surface area contributed by atoms with Gasteiger partial charge in [-0.05, 0) is 102 Å². The molecule has 4 rings (SSSR count). The predicted molar refractivity (Wildman–Crippen MR) is 162 cm³/mol. The number of carbonyl (C=O) groups is 3. The van der Waals surface area contributed by atoms with Gasteiger partial charge in [-0.2, -0.15) is 0 Å². The SMILES string of the molecule is CCCCOc1ccc(N2C(=O)NC(=O)/C(=C/c3cc(I)c(OCc4cccc(Cl)c4)c(OCC)c3)C2=O)cc1. The Morgan fingerprint density at radius 1 is 0.975 bits per heavy atom. The van der Waals surface area contributed by atoms with Crippen molar-refractivity contribution in [1.82, 2.24) is 5.32 Å². The van der Waals surface area contributed by atoms with Gasteiger partial charge in [0.15, 0.2) is 11.5 Å². The van der Waals surface area contributed by atoms with E-state index < -0.39 is 17.8 Å². The van der Waals surface area contributed by atoms with Crippen molar-refractivity contribution in [1.29, 1.82) is 0 Å². The molecule has 1 aliphatic heterocycles. The predicted octanol–water partition coefficient (Wildman–Crippen LogP) is 6.77. The van der Waals surface area contributed by atoms with Crippen LogP contribution < -0.4 is 24.4 Å². The van der Waals surface area contributed by atoms with E-state index in [9.17, 15) is 14.4 Å². The van der Waals surface area contributed by atoms with Gasteiger partial charge in [-0.15, -0.1) is 0 Å². The lowest BCUT2D eigenvalue weighted by Gasteiger charge is -2.26. The molecule has 0 aromatic heterocycles. The van der Waals surface area contributed by atoms with Gasteiger partial charge in [-0.3, -0.25) is 14.9 Å². The number of carbonyl (C=O) groups excluding carboxylic acids is 3.